The van der Waals surface area contributed by atoms with Crippen LogP contribution in [-0.2, 0) is 0 Å². The van der Waals surface area contributed by atoms with Crippen molar-refractivity contribution >= 4 is 23.1 Å². The molecule has 0 radical (unpaired) electrons. The number of rotatable bonds is 7. The van der Waals surface area contributed by atoms with Crippen molar-refractivity contribution in [2.75, 3.05) is 30.9 Å². The highest BCUT2D eigenvalue weighted by Gasteiger charge is 2.18. The predicted molar refractivity (Wildman–Crippen MR) is 120 cm³/mol. The number of H-pyrrole nitrogens is 1. The topological polar surface area (TPSA) is 128 Å². The Morgan fingerprint density at radius 3 is 2.65 bits per heavy atom. The molecule has 3 aromatic rings. The second-order valence-electron chi connectivity index (χ2n) is 7.58. The maximum atomic E-state index is 12.8. The van der Waals surface area contributed by atoms with Crippen molar-refractivity contribution in [3.05, 3.63) is 57.9 Å². The summed E-state index contributed by atoms with van der Waals surface area (Å²) in [6.07, 6.45) is 3.02. The van der Waals surface area contributed by atoms with Crippen LogP contribution in [0.4, 0.5) is 17.2 Å². The van der Waals surface area contributed by atoms with E-state index in [4.69, 9.17) is 0 Å². The zero-order valence-corrected chi connectivity index (χ0v) is 18.2. The number of aliphatic hydroxyl groups excluding tert-OH is 1. The molecule has 0 aliphatic carbocycles. The molecule has 164 valence electrons. The first-order valence-electron chi connectivity index (χ1n) is 9.82. The molecule has 10 nitrogen and oxygen atoms in total. The molecule has 0 spiro atoms. The summed E-state index contributed by atoms with van der Waals surface area (Å²) in [6, 6.07) is 4.86. The highest BCUT2D eigenvalue weighted by Crippen LogP contribution is 2.28. The fraction of sp³-hybridized carbons (Fsp3) is 0.333. The number of aryl methyl sites for hydroxylation is 2. The molecule has 1 atom stereocenters. The number of nitrogens with one attached hydrogen (secondary N) is 3. The molecular formula is C21H27N7O3. The van der Waals surface area contributed by atoms with Gasteiger partial charge in [0.1, 0.15) is 11.5 Å². The number of aromatic amines is 1. The Morgan fingerprint density at radius 2 is 2.03 bits per heavy atom. The summed E-state index contributed by atoms with van der Waals surface area (Å²) in [7, 11) is 3.62. The second-order valence-corrected chi connectivity index (χ2v) is 7.58. The molecule has 31 heavy (non-hydrogen) atoms. The van der Waals surface area contributed by atoms with Crippen LogP contribution in [0.25, 0.3) is 5.69 Å². The maximum Gasteiger partial charge on any atom is 0.275 e. The lowest BCUT2D eigenvalue weighted by atomic mass is 10.2. The van der Waals surface area contributed by atoms with Crippen molar-refractivity contribution in [1.29, 1.82) is 0 Å². The SMILES string of the molecule is Cc1cc(C)n(-c2cc(Nc3ccncc3C(=O)NC(C)CO)c(N(C)C)[nH]c2=O)n1. The zero-order valence-electron chi connectivity index (χ0n) is 18.2. The van der Waals surface area contributed by atoms with E-state index in [0.29, 0.717) is 28.4 Å². The minimum absolute atomic E-state index is 0.175. The Labute approximate surface area is 179 Å². The number of nitrogens with zero attached hydrogens (tertiary/aromatic N) is 4. The lowest BCUT2D eigenvalue weighted by Crippen LogP contribution is -2.35. The van der Waals surface area contributed by atoms with E-state index in [1.165, 1.54) is 6.20 Å². The second kappa shape index (κ2) is 9.00. The Kier molecular flexibility index (Phi) is 6.40. The molecule has 10 heteroatoms. The number of carbonyl (C=O) groups excluding carboxylic acids is 1. The van der Waals surface area contributed by atoms with Crippen LogP contribution in [0.15, 0.2) is 35.4 Å². The minimum Gasteiger partial charge on any atom is -0.394 e. The van der Waals surface area contributed by atoms with Crippen LogP contribution in [-0.4, -0.2) is 57.5 Å². The summed E-state index contributed by atoms with van der Waals surface area (Å²) < 4.78 is 1.59. The molecule has 1 unspecified atom stereocenters. The van der Waals surface area contributed by atoms with Gasteiger partial charge in [0, 0.05) is 38.2 Å². The molecule has 0 fully saturated rings. The van der Waals surface area contributed by atoms with E-state index in [1.807, 2.05) is 34.0 Å². The highest BCUT2D eigenvalue weighted by molar-refractivity contribution is 6.00. The molecular weight excluding hydrogens is 398 g/mol. The van der Waals surface area contributed by atoms with Crippen LogP contribution >= 0.6 is 0 Å². The van der Waals surface area contributed by atoms with Gasteiger partial charge in [-0.1, -0.05) is 0 Å². The molecule has 0 saturated heterocycles. The van der Waals surface area contributed by atoms with E-state index < -0.39 is 6.04 Å². The summed E-state index contributed by atoms with van der Waals surface area (Å²) >= 11 is 0. The van der Waals surface area contributed by atoms with E-state index in [2.05, 4.69) is 25.7 Å². The molecule has 0 aromatic carbocycles. The Hall–Kier alpha value is -3.66. The average molecular weight is 425 g/mol. The van der Waals surface area contributed by atoms with Crippen LogP contribution in [0.3, 0.4) is 0 Å². The number of hydrogen-bond donors (Lipinski definition) is 4. The largest absolute Gasteiger partial charge is 0.394 e. The molecule has 0 aliphatic rings. The van der Waals surface area contributed by atoms with Crippen molar-refractivity contribution in [3.8, 4) is 5.69 Å². The molecule has 4 N–H and O–H groups in total. The van der Waals surface area contributed by atoms with E-state index in [1.54, 1.807) is 34.8 Å². The van der Waals surface area contributed by atoms with Crippen LogP contribution in [0.5, 0.6) is 0 Å². The van der Waals surface area contributed by atoms with Gasteiger partial charge in [0.2, 0.25) is 0 Å². The van der Waals surface area contributed by atoms with E-state index in [9.17, 15) is 14.7 Å². The number of anilines is 3. The molecule has 1 amide bonds. The number of aromatic nitrogens is 4. The molecule has 3 rings (SSSR count). The van der Waals surface area contributed by atoms with Gasteiger partial charge < -0.3 is 25.6 Å². The number of aliphatic hydroxyl groups is 1. The Morgan fingerprint density at radius 1 is 1.29 bits per heavy atom. The smallest absolute Gasteiger partial charge is 0.275 e. The minimum atomic E-state index is -0.399. The van der Waals surface area contributed by atoms with E-state index >= 15 is 0 Å². The van der Waals surface area contributed by atoms with Gasteiger partial charge in [-0.15, -0.1) is 0 Å². The fourth-order valence-corrected chi connectivity index (χ4v) is 3.16. The van der Waals surface area contributed by atoms with E-state index in [-0.39, 0.29) is 18.1 Å². The van der Waals surface area contributed by atoms with E-state index in [0.717, 1.165) is 11.4 Å². The Bertz CT molecular complexity index is 1150. The van der Waals surface area contributed by atoms with Gasteiger partial charge in [-0.2, -0.15) is 5.10 Å². The summed E-state index contributed by atoms with van der Waals surface area (Å²) in [5.41, 5.74) is 3.10. The van der Waals surface area contributed by atoms with Gasteiger partial charge in [-0.05, 0) is 39.0 Å². The third-order valence-corrected chi connectivity index (χ3v) is 4.67. The molecule has 0 saturated carbocycles. The molecule has 0 aliphatic heterocycles. The summed E-state index contributed by atoms with van der Waals surface area (Å²) in [5.74, 6) is 0.175. The summed E-state index contributed by atoms with van der Waals surface area (Å²) in [6.45, 7) is 5.26. The quantitative estimate of drug-likeness (QED) is 0.451. The van der Waals surface area contributed by atoms with Crippen LogP contribution in [0, 0.1) is 13.8 Å². The first-order chi connectivity index (χ1) is 14.7. The zero-order chi connectivity index (χ0) is 22.7. The van der Waals surface area contributed by atoms with Gasteiger partial charge in [0.05, 0.1) is 29.2 Å². The molecule has 0 bridgehead atoms. The molecule has 3 aromatic heterocycles. The van der Waals surface area contributed by atoms with Gasteiger partial charge in [-0.25, -0.2) is 4.68 Å². The van der Waals surface area contributed by atoms with Crippen molar-refractivity contribution in [1.82, 2.24) is 25.1 Å². The summed E-state index contributed by atoms with van der Waals surface area (Å²) in [4.78, 5) is 34.1. The third-order valence-electron chi connectivity index (χ3n) is 4.67. The van der Waals surface area contributed by atoms with Crippen molar-refractivity contribution in [3.63, 3.8) is 0 Å². The first-order valence-corrected chi connectivity index (χ1v) is 9.82. The number of carbonyl (C=O) groups is 1. The predicted octanol–water partition coefficient (Wildman–Crippen LogP) is 1.49. The maximum absolute atomic E-state index is 12.8. The van der Waals surface area contributed by atoms with Crippen LogP contribution in [0.2, 0.25) is 0 Å². The van der Waals surface area contributed by atoms with Gasteiger partial charge in [-0.3, -0.25) is 14.6 Å². The number of amides is 1. The van der Waals surface area contributed by atoms with Crippen LogP contribution in [0.1, 0.15) is 28.7 Å². The lowest BCUT2D eigenvalue weighted by Gasteiger charge is -2.20. The van der Waals surface area contributed by atoms with Crippen molar-refractivity contribution in [2.24, 2.45) is 0 Å². The molecule has 3 heterocycles. The average Bonchev–Trinajstić information content (AvgIpc) is 3.06. The van der Waals surface area contributed by atoms with Gasteiger partial charge in [0.25, 0.3) is 11.5 Å². The fourth-order valence-electron chi connectivity index (χ4n) is 3.16. The summed E-state index contributed by atoms with van der Waals surface area (Å²) in [5, 5.41) is 19.6. The van der Waals surface area contributed by atoms with Crippen molar-refractivity contribution < 1.29 is 9.90 Å². The van der Waals surface area contributed by atoms with Gasteiger partial charge >= 0.3 is 0 Å². The first kappa shape index (κ1) is 22.0. The number of hydrogen-bond acceptors (Lipinski definition) is 7. The normalized spacial score (nSPS) is 11.8. The lowest BCUT2D eigenvalue weighted by molar-refractivity contribution is 0.0923. The monoisotopic (exact) mass is 425 g/mol. The van der Waals surface area contributed by atoms with Crippen LogP contribution < -0.4 is 21.1 Å². The third kappa shape index (κ3) is 4.75. The van der Waals surface area contributed by atoms with Crippen molar-refractivity contribution in [2.45, 2.75) is 26.8 Å². The van der Waals surface area contributed by atoms with Gasteiger partial charge in [0.15, 0.2) is 0 Å². The highest BCUT2D eigenvalue weighted by atomic mass is 16.3. The number of pyridine rings is 2. The Balaban J connectivity index is 2.07. The standard InChI is InChI=1S/C21H27N7O3/c1-12-8-14(3)28(26-12)18-9-17(19(27(4)5)25-21(18)31)24-16-6-7-22-10-15(16)20(30)23-13(2)11-29/h6-10,13,29H,11H2,1-5H3,(H,22,24)(H,23,30)(H,25,31).